The van der Waals surface area contributed by atoms with Crippen LogP contribution in [0.5, 0.6) is 0 Å². The van der Waals surface area contributed by atoms with Crippen LogP contribution in [-0.2, 0) is 25.4 Å². The Hall–Kier alpha value is -3.07. The molecule has 0 saturated carbocycles. The molecule has 3 N–H and O–H groups in total. The van der Waals surface area contributed by atoms with E-state index in [0.717, 1.165) is 37.3 Å². The molecule has 194 valence electrons. The number of rotatable bonds is 8. The molecule has 1 aliphatic heterocycles. The quantitative estimate of drug-likeness (QED) is 0.267. The summed E-state index contributed by atoms with van der Waals surface area (Å²) in [5, 5.41) is 11.6. The largest absolute Gasteiger partial charge is 0.416 e. The van der Waals surface area contributed by atoms with Gasteiger partial charge < -0.3 is 15.2 Å². The summed E-state index contributed by atoms with van der Waals surface area (Å²) in [7, 11) is 0. The van der Waals surface area contributed by atoms with Crippen LogP contribution in [0.4, 0.5) is 13.2 Å². The predicted molar refractivity (Wildman–Crippen MR) is 135 cm³/mol. The Balaban J connectivity index is 0.00000361. The second-order valence-electron chi connectivity index (χ2n) is 8.98. The molecular formula is C26H31ClF3N5O. The van der Waals surface area contributed by atoms with E-state index in [-0.39, 0.29) is 53.7 Å². The van der Waals surface area contributed by atoms with Gasteiger partial charge >= 0.3 is 6.18 Å². The van der Waals surface area contributed by atoms with Crippen LogP contribution in [0, 0.1) is 5.41 Å². The second-order valence-corrected chi connectivity index (χ2v) is 8.98. The van der Waals surface area contributed by atoms with Gasteiger partial charge in [-0.3, -0.25) is 5.41 Å². The van der Waals surface area contributed by atoms with E-state index in [1.54, 1.807) is 11.0 Å². The minimum Gasteiger partial charge on any atom is -0.370 e. The van der Waals surface area contributed by atoms with Gasteiger partial charge in [0.05, 0.1) is 5.56 Å². The summed E-state index contributed by atoms with van der Waals surface area (Å²) in [5.41, 5.74) is 7.67. The summed E-state index contributed by atoms with van der Waals surface area (Å²) in [6.07, 6.45) is 1.06. The van der Waals surface area contributed by atoms with Crippen molar-refractivity contribution in [3.63, 3.8) is 0 Å². The fraction of sp³-hybridized carbons (Fsp3) is 0.423. The molecule has 0 aliphatic carbocycles. The molecule has 1 fully saturated rings. The zero-order chi connectivity index (χ0) is 25.0. The standard InChI is InChI=1S/C26H30F3N5O.ClH/c1-2-3-5-17-7-9-18(10-8-17)11-12-19-13-14-20(16-21(19)26(27,28)29)23-32-24(35-33-23)22-6-4-15-34(22)25(30)31;/h7-10,13-14,16,22H,2-6,11-12,15H2,1H3,(H3,30,31);1H. The highest BCUT2D eigenvalue weighted by atomic mass is 35.5. The van der Waals surface area contributed by atoms with E-state index in [1.165, 1.54) is 11.6 Å². The minimum absolute atomic E-state index is 0. The molecule has 10 heteroatoms. The number of alkyl halides is 3. The Morgan fingerprint density at radius 1 is 1.11 bits per heavy atom. The van der Waals surface area contributed by atoms with E-state index >= 15 is 0 Å². The van der Waals surface area contributed by atoms with Crippen LogP contribution < -0.4 is 5.73 Å². The topological polar surface area (TPSA) is 92.0 Å². The lowest BCUT2D eigenvalue weighted by atomic mass is 9.96. The van der Waals surface area contributed by atoms with E-state index in [1.807, 2.05) is 12.1 Å². The van der Waals surface area contributed by atoms with Crippen LogP contribution in [0.2, 0.25) is 0 Å². The first-order valence-corrected chi connectivity index (χ1v) is 12.0. The van der Waals surface area contributed by atoms with E-state index in [0.29, 0.717) is 19.4 Å². The first kappa shape index (κ1) is 27.5. The highest BCUT2D eigenvalue weighted by molar-refractivity contribution is 5.85. The fourth-order valence-electron chi connectivity index (χ4n) is 4.53. The van der Waals surface area contributed by atoms with Gasteiger partial charge in [-0.25, -0.2) is 0 Å². The molecule has 1 atom stereocenters. The maximum absolute atomic E-state index is 13.9. The second kappa shape index (κ2) is 11.8. The minimum atomic E-state index is -4.50. The van der Waals surface area contributed by atoms with Crippen LogP contribution >= 0.6 is 12.4 Å². The van der Waals surface area contributed by atoms with E-state index < -0.39 is 11.7 Å². The molecule has 4 rings (SSSR count). The molecule has 0 radical (unpaired) electrons. The first-order valence-electron chi connectivity index (χ1n) is 12.0. The molecule has 1 aromatic heterocycles. The lowest BCUT2D eigenvalue weighted by molar-refractivity contribution is -0.138. The summed E-state index contributed by atoms with van der Waals surface area (Å²) < 4.78 is 47.1. The zero-order valence-electron chi connectivity index (χ0n) is 20.1. The first-order chi connectivity index (χ1) is 16.8. The van der Waals surface area contributed by atoms with Gasteiger partial charge in [-0.05, 0) is 61.3 Å². The molecule has 0 bridgehead atoms. The van der Waals surface area contributed by atoms with Crippen molar-refractivity contribution in [2.45, 2.75) is 64.1 Å². The number of aryl methyl sites for hydroxylation is 3. The van der Waals surface area contributed by atoms with Gasteiger partial charge in [0, 0.05) is 12.1 Å². The molecule has 0 spiro atoms. The normalized spacial score (nSPS) is 15.7. The average molecular weight is 522 g/mol. The smallest absolute Gasteiger partial charge is 0.370 e. The SMILES string of the molecule is CCCCc1ccc(CCc2ccc(-c3noc(C4CCCN4C(=N)N)n3)cc2C(F)(F)F)cc1.Cl. The number of guanidine groups is 1. The van der Waals surface area contributed by atoms with Gasteiger partial charge in [0.2, 0.25) is 11.7 Å². The molecule has 2 aromatic carbocycles. The monoisotopic (exact) mass is 521 g/mol. The Kier molecular flexibility index (Phi) is 9.00. The number of aromatic nitrogens is 2. The number of likely N-dealkylation sites (tertiary alicyclic amines) is 1. The third-order valence-corrected chi connectivity index (χ3v) is 6.49. The zero-order valence-corrected chi connectivity index (χ0v) is 21.0. The fourth-order valence-corrected chi connectivity index (χ4v) is 4.53. The number of benzene rings is 2. The average Bonchev–Trinajstić information content (AvgIpc) is 3.51. The van der Waals surface area contributed by atoms with E-state index in [4.69, 9.17) is 15.7 Å². The van der Waals surface area contributed by atoms with Crippen molar-refractivity contribution in [3.05, 3.63) is 70.6 Å². The number of nitrogens with zero attached hydrogens (tertiary/aromatic N) is 3. The lowest BCUT2D eigenvalue weighted by Gasteiger charge is -2.21. The maximum Gasteiger partial charge on any atom is 0.416 e. The number of hydrogen-bond acceptors (Lipinski definition) is 4. The van der Waals surface area contributed by atoms with Crippen molar-refractivity contribution in [2.24, 2.45) is 5.73 Å². The van der Waals surface area contributed by atoms with Crippen molar-refractivity contribution < 1.29 is 17.7 Å². The van der Waals surface area contributed by atoms with Gasteiger partial charge in [-0.15, -0.1) is 12.4 Å². The van der Waals surface area contributed by atoms with Crippen LogP contribution in [0.15, 0.2) is 47.0 Å². The molecule has 3 aromatic rings. The van der Waals surface area contributed by atoms with Crippen LogP contribution in [0.3, 0.4) is 0 Å². The lowest BCUT2D eigenvalue weighted by Crippen LogP contribution is -2.35. The van der Waals surface area contributed by atoms with Gasteiger partial charge in [-0.1, -0.05) is 54.9 Å². The highest BCUT2D eigenvalue weighted by Crippen LogP contribution is 2.36. The van der Waals surface area contributed by atoms with E-state index in [9.17, 15) is 13.2 Å². The van der Waals surface area contributed by atoms with Gasteiger partial charge in [0.1, 0.15) is 6.04 Å². The predicted octanol–water partition coefficient (Wildman–Crippen LogP) is 6.34. The summed E-state index contributed by atoms with van der Waals surface area (Å²) in [4.78, 5) is 5.98. The number of hydrogen-bond donors (Lipinski definition) is 2. The highest BCUT2D eigenvalue weighted by Gasteiger charge is 2.35. The molecule has 1 unspecified atom stereocenters. The molecule has 1 aliphatic rings. The Morgan fingerprint density at radius 3 is 2.44 bits per heavy atom. The van der Waals surface area contributed by atoms with Crippen molar-refractivity contribution in [3.8, 4) is 11.4 Å². The van der Waals surface area contributed by atoms with Crippen LogP contribution in [0.25, 0.3) is 11.4 Å². The number of halogens is 4. The van der Waals surface area contributed by atoms with Crippen LogP contribution in [0.1, 0.15) is 66.8 Å². The van der Waals surface area contributed by atoms with Gasteiger partial charge in [-0.2, -0.15) is 18.2 Å². The number of unbranched alkanes of at least 4 members (excludes halogenated alkanes) is 1. The van der Waals surface area contributed by atoms with E-state index in [2.05, 4.69) is 29.2 Å². The Labute approximate surface area is 215 Å². The van der Waals surface area contributed by atoms with Gasteiger partial charge in [0.15, 0.2) is 5.96 Å². The van der Waals surface area contributed by atoms with Crippen molar-refractivity contribution in [1.82, 2.24) is 15.0 Å². The third-order valence-electron chi connectivity index (χ3n) is 6.49. The molecule has 0 amide bonds. The summed E-state index contributed by atoms with van der Waals surface area (Å²) in [6, 6.07) is 12.0. The number of nitrogens with two attached hydrogens (primary N) is 1. The summed E-state index contributed by atoms with van der Waals surface area (Å²) >= 11 is 0. The molecule has 36 heavy (non-hydrogen) atoms. The Morgan fingerprint density at radius 2 is 1.81 bits per heavy atom. The van der Waals surface area contributed by atoms with Crippen molar-refractivity contribution >= 4 is 18.4 Å². The Bertz CT molecular complexity index is 1160. The number of nitrogens with one attached hydrogen (secondary N) is 1. The van der Waals surface area contributed by atoms with Crippen LogP contribution in [-0.4, -0.2) is 27.5 Å². The molecule has 2 heterocycles. The van der Waals surface area contributed by atoms with Gasteiger partial charge in [0.25, 0.3) is 0 Å². The third kappa shape index (κ3) is 6.37. The molecular weight excluding hydrogens is 491 g/mol. The molecule has 1 saturated heterocycles. The van der Waals surface area contributed by atoms with Crippen molar-refractivity contribution in [1.29, 1.82) is 5.41 Å². The maximum atomic E-state index is 13.9. The summed E-state index contributed by atoms with van der Waals surface area (Å²) in [5.74, 6) is 0.259. The summed E-state index contributed by atoms with van der Waals surface area (Å²) in [6.45, 7) is 2.75. The van der Waals surface area contributed by atoms with Crippen molar-refractivity contribution in [2.75, 3.05) is 6.54 Å². The molecule has 6 nitrogen and oxygen atoms in total.